The van der Waals surface area contributed by atoms with Crippen molar-refractivity contribution in [1.82, 2.24) is 10.2 Å². The molecule has 0 unspecified atom stereocenters. The van der Waals surface area contributed by atoms with E-state index in [1.165, 1.54) is 32.6 Å². The Bertz CT molecular complexity index is 121. The molecule has 0 spiro atoms. The first-order valence-electron chi connectivity index (χ1n) is 5.20. The molecular formula is C10H22N2. The zero-order valence-corrected chi connectivity index (χ0v) is 8.64. The molecule has 0 aromatic carbocycles. The molecule has 1 aliphatic heterocycles. The minimum atomic E-state index is 0.763. The second-order valence-corrected chi connectivity index (χ2v) is 4.05. The summed E-state index contributed by atoms with van der Waals surface area (Å²) in [6, 6.07) is 0.763. The van der Waals surface area contributed by atoms with E-state index in [0.717, 1.165) is 12.0 Å². The number of hydrogen-bond acceptors (Lipinski definition) is 2. The summed E-state index contributed by atoms with van der Waals surface area (Å²) < 4.78 is 0. The van der Waals surface area contributed by atoms with E-state index in [2.05, 4.69) is 31.0 Å². The largest absolute Gasteiger partial charge is 0.314 e. The van der Waals surface area contributed by atoms with Crippen LogP contribution in [-0.2, 0) is 0 Å². The lowest BCUT2D eigenvalue weighted by Gasteiger charge is -2.38. The fourth-order valence-electron chi connectivity index (χ4n) is 1.99. The minimum absolute atomic E-state index is 0.763. The average Bonchev–Trinajstić information content (AvgIpc) is 2.05. The Hall–Kier alpha value is -0.0800. The summed E-state index contributed by atoms with van der Waals surface area (Å²) in [5.74, 6) is 0.782. The van der Waals surface area contributed by atoms with Crippen molar-refractivity contribution in [3.63, 3.8) is 0 Å². The van der Waals surface area contributed by atoms with Crippen LogP contribution in [0.1, 0.15) is 27.2 Å². The van der Waals surface area contributed by atoms with E-state index in [1.807, 2.05) is 0 Å². The Kier molecular flexibility index (Phi) is 4.02. The molecule has 1 fully saturated rings. The number of hydrogen-bond donors (Lipinski definition) is 1. The van der Waals surface area contributed by atoms with Crippen LogP contribution in [0.2, 0.25) is 0 Å². The lowest BCUT2D eigenvalue weighted by molar-refractivity contribution is 0.125. The first kappa shape index (κ1) is 10.0. The lowest BCUT2D eigenvalue weighted by Crippen LogP contribution is -2.53. The van der Waals surface area contributed by atoms with E-state index < -0.39 is 0 Å². The highest BCUT2D eigenvalue weighted by Crippen LogP contribution is 2.12. The molecule has 0 aromatic heterocycles. The van der Waals surface area contributed by atoms with Crippen molar-refractivity contribution < 1.29 is 0 Å². The maximum atomic E-state index is 3.46. The van der Waals surface area contributed by atoms with Crippen molar-refractivity contribution in [2.75, 3.05) is 26.2 Å². The molecule has 2 heteroatoms. The highest BCUT2D eigenvalue weighted by atomic mass is 15.2. The van der Waals surface area contributed by atoms with Crippen LogP contribution in [0.3, 0.4) is 0 Å². The Balaban J connectivity index is 2.42. The average molecular weight is 170 g/mol. The number of piperazine rings is 1. The number of rotatable bonds is 3. The molecule has 0 amide bonds. The van der Waals surface area contributed by atoms with Crippen LogP contribution in [0.25, 0.3) is 0 Å². The molecule has 0 saturated carbocycles. The quantitative estimate of drug-likeness (QED) is 0.687. The van der Waals surface area contributed by atoms with Gasteiger partial charge in [-0.3, -0.25) is 4.90 Å². The summed E-state index contributed by atoms with van der Waals surface area (Å²) in [7, 11) is 0. The van der Waals surface area contributed by atoms with E-state index in [0.29, 0.717) is 0 Å². The van der Waals surface area contributed by atoms with Crippen LogP contribution in [-0.4, -0.2) is 37.1 Å². The molecule has 72 valence electrons. The van der Waals surface area contributed by atoms with Gasteiger partial charge in [-0.25, -0.2) is 0 Å². The van der Waals surface area contributed by atoms with Crippen molar-refractivity contribution >= 4 is 0 Å². The third kappa shape index (κ3) is 2.46. The maximum Gasteiger partial charge on any atom is 0.0244 e. The molecule has 12 heavy (non-hydrogen) atoms. The van der Waals surface area contributed by atoms with Crippen molar-refractivity contribution in [1.29, 1.82) is 0 Å². The molecular weight excluding hydrogens is 148 g/mol. The smallest absolute Gasteiger partial charge is 0.0244 e. The van der Waals surface area contributed by atoms with E-state index in [1.54, 1.807) is 0 Å². The van der Waals surface area contributed by atoms with Crippen LogP contribution < -0.4 is 5.32 Å². The number of nitrogens with zero attached hydrogens (tertiary/aromatic N) is 1. The van der Waals surface area contributed by atoms with Gasteiger partial charge in [0.1, 0.15) is 0 Å². The molecule has 1 saturated heterocycles. The zero-order chi connectivity index (χ0) is 8.97. The summed E-state index contributed by atoms with van der Waals surface area (Å²) in [5, 5.41) is 3.46. The molecule has 1 heterocycles. The molecule has 0 aliphatic carbocycles. The van der Waals surface area contributed by atoms with Crippen LogP contribution in [0.15, 0.2) is 0 Å². The summed E-state index contributed by atoms with van der Waals surface area (Å²) in [6.45, 7) is 11.8. The minimum Gasteiger partial charge on any atom is -0.314 e. The third-order valence-electron chi connectivity index (χ3n) is 2.68. The van der Waals surface area contributed by atoms with Gasteiger partial charge in [-0.05, 0) is 18.9 Å². The number of nitrogens with one attached hydrogen (secondary N) is 1. The predicted molar refractivity (Wildman–Crippen MR) is 53.4 cm³/mol. The van der Waals surface area contributed by atoms with Gasteiger partial charge in [0.05, 0.1) is 0 Å². The molecule has 2 nitrogen and oxygen atoms in total. The van der Waals surface area contributed by atoms with Gasteiger partial charge in [-0.2, -0.15) is 0 Å². The van der Waals surface area contributed by atoms with Gasteiger partial charge in [0.25, 0.3) is 0 Å². The molecule has 0 bridgehead atoms. The van der Waals surface area contributed by atoms with E-state index >= 15 is 0 Å². The second kappa shape index (κ2) is 4.83. The van der Waals surface area contributed by atoms with Crippen molar-refractivity contribution in [3.8, 4) is 0 Å². The highest BCUT2D eigenvalue weighted by Gasteiger charge is 2.23. The monoisotopic (exact) mass is 170 g/mol. The van der Waals surface area contributed by atoms with Crippen molar-refractivity contribution in [2.45, 2.75) is 33.2 Å². The van der Waals surface area contributed by atoms with Gasteiger partial charge in [0.2, 0.25) is 0 Å². The van der Waals surface area contributed by atoms with Gasteiger partial charge in [-0.15, -0.1) is 0 Å². The SMILES string of the molecule is CCCN1CCNC[C@H]1C(C)C. The van der Waals surface area contributed by atoms with E-state index in [9.17, 15) is 0 Å². The van der Waals surface area contributed by atoms with Gasteiger partial charge in [-0.1, -0.05) is 20.8 Å². The predicted octanol–water partition coefficient (Wildman–Crippen LogP) is 1.33. The lowest BCUT2D eigenvalue weighted by atomic mass is 10.0. The van der Waals surface area contributed by atoms with Crippen molar-refractivity contribution in [2.24, 2.45) is 5.92 Å². The molecule has 1 N–H and O–H groups in total. The highest BCUT2D eigenvalue weighted by molar-refractivity contribution is 4.81. The van der Waals surface area contributed by atoms with E-state index in [4.69, 9.17) is 0 Å². The second-order valence-electron chi connectivity index (χ2n) is 4.05. The van der Waals surface area contributed by atoms with Crippen LogP contribution in [0.5, 0.6) is 0 Å². The Morgan fingerprint density at radius 1 is 1.50 bits per heavy atom. The van der Waals surface area contributed by atoms with Crippen LogP contribution >= 0.6 is 0 Å². The van der Waals surface area contributed by atoms with Gasteiger partial charge >= 0.3 is 0 Å². The molecule has 1 aliphatic rings. The van der Waals surface area contributed by atoms with Crippen LogP contribution in [0.4, 0.5) is 0 Å². The normalized spacial score (nSPS) is 26.5. The Morgan fingerprint density at radius 3 is 2.83 bits per heavy atom. The molecule has 0 radical (unpaired) electrons. The first-order valence-corrected chi connectivity index (χ1v) is 5.20. The van der Waals surface area contributed by atoms with Gasteiger partial charge < -0.3 is 5.32 Å². The summed E-state index contributed by atoms with van der Waals surface area (Å²) in [6.07, 6.45) is 1.28. The third-order valence-corrected chi connectivity index (χ3v) is 2.68. The Labute approximate surface area is 76.3 Å². The van der Waals surface area contributed by atoms with Gasteiger partial charge in [0.15, 0.2) is 0 Å². The molecule has 1 atom stereocenters. The standard InChI is InChI=1S/C10H22N2/c1-4-6-12-7-5-11-8-10(12)9(2)3/h9-11H,4-8H2,1-3H3/t10-/m0/s1. The van der Waals surface area contributed by atoms with Crippen molar-refractivity contribution in [3.05, 3.63) is 0 Å². The maximum absolute atomic E-state index is 3.46. The summed E-state index contributed by atoms with van der Waals surface area (Å²) >= 11 is 0. The first-order chi connectivity index (χ1) is 5.75. The Morgan fingerprint density at radius 2 is 2.25 bits per heavy atom. The van der Waals surface area contributed by atoms with E-state index in [-0.39, 0.29) is 0 Å². The van der Waals surface area contributed by atoms with Crippen LogP contribution in [0, 0.1) is 5.92 Å². The fraction of sp³-hybridized carbons (Fsp3) is 1.00. The summed E-state index contributed by atoms with van der Waals surface area (Å²) in [4.78, 5) is 2.63. The summed E-state index contributed by atoms with van der Waals surface area (Å²) in [5.41, 5.74) is 0. The molecule has 0 aromatic rings. The fourth-order valence-corrected chi connectivity index (χ4v) is 1.99. The van der Waals surface area contributed by atoms with Gasteiger partial charge in [0, 0.05) is 25.7 Å². The topological polar surface area (TPSA) is 15.3 Å². The molecule has 1 rings (SSSR count). The zero-order valence-electron chi connectivity index (χ0n) is 8.64.